The molecule has 0 aliphatic carbocycles. The van der Waals surface area contributed by atoms with E-state index in [0.717, 1.165) is 20.2 Å². The van der Waals surface area contributed by atoms with Crippen molar-refractivity contribution < 1.29 is 9.21 Å². The van der Waals surface area contributed by atoms with Crippen molar-refractivity contribution >= 4 is 49.7 Å². The SMILES string of the molecule is Cc1cc(Br)c(NCC(=O)N/N=C/c2ccco2)c(Br)c1. The molecule has 7 heteroatoms. The Morgan fingerprint density at radius 3 is 2.71 bits per heavy atom. The smallest absolute Gasteiger partial charge is 0.259 e. The van der Waals surface area contributed by atoms with E-state index in [-0.39, 0.29) is 12.5 Å². The number of hydrogen-bond acceptors (Lipinski definition) is 4. The summed E-state index contributed by atoms with van der Waals surface area (Å²) >= 11 is 6.92. The van der Waals surface area contributed by atoms with Gasteiger partial charge in [-0.05, 0) is 68.6 Å². The summed E-state index contributed by atoms with van der Waals surface area (Å²) in [5.74, 6) is 0.324. The van der Waals surface area contributed by atoms with Gasteiger partial charge >= 0.3 is 0 Å². The van der Waals surface area contributed by atoms with Gasteiger partial charge in [0.2, 0.25) is 0 Å². The van der Waals surface area contributed by atoms with Crippen molar-refractivity contribution in [3.63, 3.8) is 0 Å². The predicted molar refractivity (Wildman–Crippen MR) is 89.5 cm³/mol. The second-order valence-electron chi connectivity index (χ2n) is 4.27. The van der Waals surface area contributed by atoms with E-state index in [1.54, 1.807) is 12.1 Å². The number of amides is 1. The highest BCUT2D eigenvalue weighted by Crippen LogP contribution is 2.31. The molecular formula is C14H13Br2N3O2. The lowest BCUT2D eigenvalue weighted by atomic mass is 10.2. The quantitative estimate of drug-likeness (QED) is 0.579. The fourth-order valence-electron chi connectivity index (χ4n) is 1.61. The molecule has 5 nitrogen and oxygen atoms in total. The number of rotatable bonds is 5. The van der Waals surface area contributed by atoms with Crippen LogP contribution < -0.4 is 10.7 Å². The molecule has 2 N–H and O–H groups in total. The molecule has 0 spiro atoms. The largest absolute Gasteiger partial charge is 0.463 e. The summed E-state index contributed by atoms with van der Waals surface area (Å²) in [7, 11) is 0. The Morgan fingerprint density at radius 1 is 1.38 bits per heavy atom. The van der Waals surface area contributed by atoms with Crippen LogP contribution in [0.5, 0.6) is 0 Å². The molecule has 0 unspecified atom stereocenters. The summed E-state index contributed by atoms with van der Waals surface area (Å²) in [6.07, 6.45) is 2.98. The molecule has 1 aromatic heterocycles. The molecule has 1 heterocycles. The Labute approximate surface area is 139 Å². The maximum Gasteiger partial charge on any atom is 0.259 e. The minimum atomic E-state index is -0.253. The number of benzene rings is 1. The summed E-state index contributed by atoms with van der Waals surface area (Å²) in [6, 6.07) is 7.44. The number of carbonyl (C=O) groups is 1. The van der Waals surface area contributed by atoms with E-state index in [1.807, 2.05) is 19.1 Å². The maximum absolute atomic E-state index is 11.7. The van der Waals surface area contributed by atoms with Gasteiger partial charge in [-0.25, -0.2) is 5.43 Å². The fraction of sp³-hybridized carbons (Fsp3) is 0.143. The molecule has 0 bridgehead atoms. The predicted octanol–water partition coefficient (Wildman–Crippen LogP) is 3.68. The second kappa shape index (κ2) is 7.42. The number of carbonyl (C=O) groups excluding carboxylic acids is 1. The minimum absolute atomic E-state index is 0.107. The van der Waals surface area contributed by atoms with Gasteiger partial charge in [0.1, 0.15) is 5.76 Å². The average Bonchev–Trinajstić information content (AvgIpc) is 2.90. The van der Waals surface area contributed by atoms with E-state index in [9.17, 15) is 4.79 Å². The standard InChI is InChI=1S/C14H13Br2N3O2/c1-9-5-11(15)14(12(16)6-9)17-8-13(20)19-18-7-10-3-2-4-21-10/h2-7,17H,8H2,1H3,(H,19,20)/b18-7+. The number of nitrogens with one attached hydrogen (secondary N) is 2. The first-order valence-electron chi connectivity index (χ1n) is 6.11. The molecule has 0 saturated heterocycles. The lowest BCUT2D eigenvalue weighted by molar-refractivity contribution is -0.119. The Kier molecular flexibility index (Phi) is 5.58. The van der Waals surface area contributed by atoms with E-state index < -0.39 is 0 Å². The summed E-state index contributed by atoms with van der Waals surface area (Å²) in [6.45, 7) is 2.10. The van der Waals surface area contributed by atoms with Crippen LogP contribution in [0.3, 0.4) is 0 Å². The van der Waals surface area contributed by atoms with Gasteiger partial charge in [-0.3, -0.25) is 4.79 Å². The number of nitrogens with zero attached hydrogens (tertiary/aromatic N) is 1. The molecule has 0 saturated carbocycles. The zero-order valence-corrected chi connectivity index (χ0v) is 14.4. The van der Waals surface area contributed by atoms with Gasteiger partial charge in [0.05, 0.1) is 24.7 Å². The Morgan fingerprint density at radius 2 is 2.10 bits per heavy atom. The van der Waals surface area contributed by atoms with Crippen LogP contribution in [-0.2, 0) is 4.79 Å². The Bertz CT molecular complexity index is 631. The van der Waals surface area contributed by atoms with E-state index in [0.29, 0.717) is 5.76 Å². The molecule has 0 atom stereocenters. The van der Waals surface area contributed by atoms with Crippen LogP contribution >= 0.6 is 31.9 Å². The third-order valence-corrected chi connectivity index (χ3v) is 3.79. The maximum atomic E-state index is 11.7. The lowest BCUT2D eigenvalue weighted by Gasteiger charge is -2.10. The van der Waals surface area contributed by atoms with Crippen LogP contribution in [0.2, 0.25) is 0 Å². The molecule has 2 aromatic rings. The summed E-state index contributed by atoms with van der Waals surface area (Å²) < 4.78 is 6.84. The van der Waals surface area contributed by atoms with E-state index in [4.69, 9.17) is 4.42 Å². The fourth-order valence-corrected chi connectivity index (χ4v) is 3.31. The first-order valence-corrected chi connectivity index (χ1v) is 7.70. The van der Waals surface area contributed by atoms with Crippen molar-refractivity contribution in [1.82, 2.24) is 5.43 Å². The number of hydrazone groups is 1. The van der Waals surface area contributed by atoms with Crippen LogP contribution in [0.15, 0.2) is 49.0 Å². The summed E-state index contributed by atoms with van der Waals surface area (Å²) in [5, 5.41) is 6.85. The molecule has 0 fully saturated rings. The lowest BCUT2D eigenvalue weighted by Crippen LogP contribution is -2.26. The minimum Gasteiger partial charge on any atom is -0.463 e. The topological polar surface area (TPSA) is 66.6 Å². The van der Waals surface area contributed by atoms with Gasteiger partial charge in [-0.2, -0.15) is 5.10 Å². The number of aryl methyl sites for hydroxylation is 1. The highest BCUT2D eigenvalue weighted by molar-refractivity contribution is 9.11. The number of anilines is 1. The molecule has 0 aliphatic heterocycles. The van der Waals surface area contributed by atoms with Crippen molar-refractivity contribution in [3.8, 4) is 0 Å². The van der Waals surface area contributed by atoms with Crippen molar-refractivity contribution in [2.45, 2.75) is 6.92 Å². The molecule has 21 heavy (non-hydrogen) atoms. The number of halogens is 2. The second-order valence-corrected chi connectivity index (χ2v) is 5.97. The molecule has 110 valence electrons. The summed E-state index contributed by atoms with van der Waals surface area (Å²) in [4.78, 5) is 11.7. The number of furan rings is 1. The van der Waals surface area contributed by atoms with Gasteiger partial charge < -0.3 is 9.73 Å². The highest BCUT2D eigenvalue weighted by atomic mass is 79.9. The molecule has 1 aromatic carbocycles. The zero-order chi connectivity index (χ0) is 15.2. The average molecular weight is 415 g/mol. The van der Waals surface area contributed by atoms with Gasteiger partial charge in [-0.15, -0.1) is 0 Å². The normalized spacial score (nSPS) is 10.8. The first kappa shape index (κ1) is 15.8. The van der Waals surface area contributed by atoms with E-state index in [1.165, 1.54) is 12.5 Å². The van der Waals surface area contributed by atoms with Gasteiger partial charge in [0, 0.05) is 8.95 Å². The van der Waals surface area contributed by atoms with E-state index >= 15 is 0 Å². The molecule has 2 rings (SSSR count). The monoisotopic (exact) mass is 413 g/mol. The Balaban J connectivity index is 1.87. The highest BCUT2D eigenvalue weighted by Gasteiger charge is 2.07. The van der Waals surface area contributed by atoms with Crippen LogP contribution in [0.25, 0.3) is 0 Å². The van der Waals surface area contributed by atoms with Crippen LogP contribution in [0.1, 0.15) is 11.3 Å². The van der Waals surface area contributed by atoms with Gasteiger partial charge in [0.15, 0.2) is 0 Å². The van der Waals surface area contributed by atoms with Crippen LogP contribution in [-0.4, -0.2) is 18.7 Å². The van der Waals surface area contributed by atoms with Crippen LogP contribution in [0.4, 0.5) is 5.69 Å². The van der Waals surface area contributed by atoms with Gasteiger partial charge in [0.25, 0.3) is 5.91 Å². The summed E-state index contributed by atoms with van der Waals surface area (Å²) in [5.41, 5.74) is 4.36. The molecule has 1 amide bonds. The van der Waals surface area contributed by atoms with Crippen molar-refractivity contribution in [1.29, 1.82) is 0 Å². The molecular weight excluding hydrogens is 402 g/mol. The van der Waals surface area contributed by atoms with Crippen molar-refractivity contribution in [2.75, 3.05) is 11.9 Å². The van der Waals surface area contributed by atoms with Gasteiger partial charge in [-0.1, -0.05) is 0 Å². The third kappa shape index (κ3) is 4.71. The Hall–Kier alpha value is -1.60. The van der Waals surface area contributed by atoms with Crippen molar-refractivity contribution in [2.24, 2.45) is 5.10 Å². The number of hydrogen-bond donors (Lipinski definition) is 2. The van der Waals surface area contributed by atoms with Crippen LogP contribution in [0, 0.1) is 6.92 Å². The molecule has 0 aliphatic rings. The molecule has 0 radical (unpaired) electrons. The zero-order valence-electron chi connectivity index (χ0n) is 11.2. The third-order valence-electron chi connectivity index (χ3n) is 2.54. The van der Waals surface area contributed by atoms with E-state index in [2.05, 4.69) is 47.7 Å². The first-order chi connectivity index (χ1) is 10.1. The van der Waals surface area contributed by atoms with Crippen molar-refractivity contribution in [3.05, 3.63) is 50.8 Å².